The van der Waals surface area contributed by atoms with Gasteiger partial charge >= 0.3 is 0 Å². The molecule has 0 radical (unpaired) electrons. The van der Waals surface area contributed by atoms with Crippen molar-refractivity contribution >= 4 is 0 Å². The van der Waals surface area contributed by atoms with E-state index < -0.39 is 5.60 Å². The third-order valence-electron chi connectivity index (χ3n) is 2.15. The van der Waals surface area contributed by atoms with E-state index in [1.54, 1.807) is 32.4 Å². The van der Waals surface area contributed by atoms with Crippen molar-refractivity contribution in [2.45, 2.75) is 19.4 Å². The van der Waals surface area contributed by atoms with Crippen LogP contribution in [-0.4, -0.2) is 20.1 Å². The van der Waals surface area contributed by atoms with Gasteiger partial charge in [-0.2, -0.15) is 0 Å². The molecule has 4 nitrogen and oxygen atoms in total. The highest BCUT2D eigenvalue weighted by atomic mass is 16.3. The van der Waals surface area contributed by atoms with E-state index in [-0.39, 0.29) is 0 Å². The summed E-state index contributed by atoms with van der Waals surface area (Å²) >= 11 is 0. The highest BCUT2D eigenvalue weighted by Gasteiger charge is 2.19. The number of aromatic amines is 1. The molecule has 4 heteroatoms. The van der Waals surface area contributed by atoms with Gasteiger partial charge in [0.25, 0.3) is 0 Å². The first-order chi connectivity index (χ1) is 7.07. The van der Waals surface area contributed by atoms with Crippen LogP contribution < -0.4 is 0 Å². The van der Waals surface area contributed by atoms with Gasteiger partial charge in [-0.05, 0) is 26.0 Å². The molecule has 0 atom stereocenters. The summed E-state index contributed by atoms with van der Waals surface area (Å²) in [6.07, 6.45) is 5.16. The third-order valence-corrected chi connectivity index (χ3v) is 2.15. The molecule has 0 aliphatic rings. The van der Waals surface area contributed by atoms with E-state index >= 15 is 0 Å². The molecule has 0 bridgehead atoms. The highest BCUT2D eigenvalue weighted by Crippen LogP contribution is 2.21. The Balaban J connectivity index is 2.37. The Labute approximate surface area is 88.0 Å². The predicted molar refractivity (Wildman–Crippen MR) is 57.1 cm³/mol. The minimum absolute atomic E-state index is 0.564. The molecule has 2 N–H and O–H groups in total. The van der Waals surface area contributed by atoms with Crippen LogP contribution in [0, 0.1) is 0 Å². The van der Waals surface area contributed by atoms with E-state index in [2.05, 4.69) is 15.0 Å². The molecule has 15 heavy (non-hydrogen) atoms. The molecule has 0 unspecified atom stereocenters. The zero-order valence-electron chi connectivity index (χ0n) is 8.73. The summed E-state index contributed by atoms with van der Waals surface area (Å²) in [6.45, 7) is 3.39. The lowest BCUT2D eigenvalue weighted by Gasteiger charge is -2.12. The van der Waals surface area contributed by atoms with Gasteiger partial charge in [0, 0.05) is 18.0 Å². The quantitative estimate of drug-likeness (QED) is 0.780. The van der Waals surface area contributed by atoms with Crippen molar-refractivity contribution in [2.24, 2.45) is 0 Å². The smallest absolute Gasteiger partial charge is 0.138 e. The lowest BCUT2D eigenvalue weighted by molar-refractivity contribution is 0.0697. The molecule has 2 heterocycles. The molecular formula is C11H13N3O. The Hall–Kier alpha value is -1.68. The Bertz CT molecular complexity index is 442. The minimum atomic E-state index is -0.939. The van der Waals surface area contributed by atoms with Crippen molar-refractivity contribution in [3.05, 3.63) is 36.5 Å². The van der Waals surface area contributed by atoms with Crippen LogP contribution in [0.5, 0.6) is 0 Å². The Morgan fingerprint density at radius 1 is 1.27 bits per heavy atom. The van der Waals surface area contributed by atoms with Crippen LogP contribution in [0.4, 0.5) is 0 Å². The fourth-order valence-electron chi connectivity index (χ4n) is 1.31. The van der Waals surface area contributed by atoms with E-state index in [4.69, 9.17) is 0 Å². The van der Waals surface area contributed by atoms with E-state index in [0.29, 0.717) is 5.82 Å². The first-order valence-corrected chi connectivity index (χ1v) is 4.75. The van der Waals surface area contributed by atoms with Gasteiger partial charge in [-0.15, -0.1) is 0 Å². The molecule has 2 aromatic heterocycles. The summed E-state index contributed by atoms with van der Waals surface area (Å²) in [4.78, 5) is 11.2. The molecule has 0 fully saturated rings. The Morgan fingerprint density at radius 2 is 1.93 bits per heavy atom. The van der Waals surface area contributed by atoms with Gasteiger partial charge in [0.1, 0.15) is 11.4 Å². The summed E-state index contributed by atoms with van der Waals surface area (Å²) in [6, 6.07) is 3.78. The molecule has 0 aromatic carbocycles. The number of nitrogens with zero attached hydrogens (tertiary/aromatic N) is 2. The van der Waals surface area contributed by atoms with Crippen molar-refractivity contribution in [1.29, 1.82) is 0 Å². The van der Waals surface area contributed by atoms with E-state index in [0.717, 1.165) is 11.3 Å². The molecule has 0 spiro atoms. The molecule has 2 aromatic rings. The number of imidazole rings is 1. The van der Waals surface area contributed by atoms with Crippen LogP contribution in [-0.2, 0) is 5.60 Å². The first kappa shape index (κ1) is 9.86. The van der Waals surface area contributed by atoms with E-state index in [1.807, 2.05) is 12.1 Å². The number of rotatable bonds is 2. The van der Waals surface area contributed by atoms with Crippen molar-refractivity contribution in [3.8, 4) is 11.3 Å². The maximum Gasteiger partial charge on any atom is 0.138 e. The van der Waals surface area contributed by atoms with Crippen molar-refractivity contribution in [1.82, 2.24) is 15.0 Å². The topological polar surface area (TPSA) is 61.8 Å². The number of nitrogens with one attached hydrogen (secondary N) is 1. The second-order valence-corrected chi connectivity index (χ2v) is 3.94. The molecule has 0 aliphatic carbocycles. The number of pyridine rings is 1. The van der Waals surface area contributed by atoms with Crippen LogP contribution in [0.1, 0.15) is 19.7 Å². The lowest BCUT2D eigenvalue weighted by atomic mass is 10.1. The number of hydrogen-bond acceptors (Lipinski definition) is 3. The number of aromatic nitrogens is 3. The van der Waals surface area contributed by atoms with E-state index in [9.17, 15) is 5.11 Å². The van der Waals surface area contributed by atoms with Crippen molar-refractivity contribution < 1.29 is 5.11 Å². The standard InChI is InChI=1S/C11H13N3O/c1-11(2,15)10-13-7-9(14-10)8-3-5-12-6-4-8/h3-7,15H,1-2H3,(H,13,14). The van der Waals surface area contributed by atoms with Gasteiger partial charge in [0.05, 0.1) is 11.9 Å². The maximum atomic E-state index is 9.74. The van der Waals surface area contributed by atoms with Crippen LogP contribution in [0.25, 0.3) is 11.3 Å². The normalized spacial score (nSPS) is 11.7. The number of H-pyrrole nitrogens is 1. The zero-order valence-corrected chi connectivity index (χ0v) is 8.73. The molecule has 2 rings (SSSR count). The van der Waals surface area contributed by atoms with Gasteiger partial charge in [-0.3, -0.25) is 4.98 Å². The molecular weight excluding hydrogens is 190 g/mol. The molecule has 0 amide bonds. The monoisotopic (exact) mass is 203 g/mol. The zero-order chi connectivity index (χ0) is 10.9. The van der Waals surface area contributed by atoms with Crippen molar-refractivity contribution in [3.63, 3.8) is 0 Å². The van der Waals surface area contributed by atoms with Crippen molar-refractivity contribution in [2.75, 3.05) is 0 Å². The fourth-order valence-corrected chi connectivity index (χ4v) is 1.31. The highest BCUT2D eigenvalue weighted by molar-refractivity contribution is 5.57. The van der Waals surface area contributed by atoms with Gasteiger partial charge in [0.2, 0.25) is 0 Å². The van der Waals surface area contributed by atoms with Gasteiger partial charge in [-0.1, -0.05) is 0 Å². The summed E-state index contributed by atoms with van der Waals surface area (Å²) < 4.78 is 0. The fraction of sp³-hybridized carbons (Fsp3) is 0.273. The summed E-state index contributed by atoms with van der Waals surface area (Å²) in [5, 5.41) is 9.74. The van der Waals surface area contributed by atoms with Crippen LogP contribution in [0.15, 0.2) is 30.7 Å². The molecule has 78 valence electrons. The number of hydrogen-bond donors (Lipinski definition) is 2. The lowest BCUT2D eigenvalue weighted by Crippen LogP contribution is -2.17. The third kappa shape index (κ3) is 2.05. The Kier molecular flexibility index (Phi) is 2.28. The average Bonchev–Trinajstić information content (AvgIpc) is 2.67. The van der Waals surface area contributed by atoms with Gasteiger partial charge < -0.3 is 10.1 Å². The van der Waals surface area contributed by atoms with Crippen LogP contribution in [0.3, 0.4) is 0 Å². The van der Waals surface area contributed by atoms with Crippen LogP contribution in [0.2, 0.25) is 0 Å². The second kappa shape index (κ2) is 3.47. The predicted octanol–water partition coefficient (Wildman–Crippen LogP) is 1.70. The molecule has 0 aliphatic heterocycles. The first-order valence-electron chi connectivity index (χ1n) is 4.75. The summed E-state index contributed by atoms with van der Waals surface area (Å²) in [5.74, 6) is 0.564. The number of aliphatic hydroxyl groups is 1. The van der Waals surface area contributed by atoms with Crippen LogP contribution >= 0.6 is 0 Å². The second-order valence-electron chi connectivity index (χ2n) is 3.94. The van der Waals surface area contributed by atoms with E-state index in [1.165, 1.54) is 0 Å². The Morgan fingerprint density at radius 3 is 2.47 bits per heavy atom. The van der Waals surface area contributed by atoms with Gasteiger partial charge in [0.15, 0.2) is 0 Å². The maximum absolute atomic E-state index is 9.74. The molecule has 0 saturated carbocycles. The minimum Gasteiger partial charge on any atom is -0.383 e. The summed E-state index contributed by atoms with van der Waals surface area (Å²) in [7, 11) is 0. The summed E-state index contributed by atoms with van der Waals surface area (Å²) in [5.41, 5.74) is 0.952. The largest absolute Gasteiger partial charge is 0.383 e. The molecule has 0 saturated heterocycles. The SMILES string of the molecule is CC(C)(O)c1ncc(-c2ccncc2)[nH]1. The van der Waals surface area contributed by atoms with Gasteiger partial charge in [-0.25, -0.2) is 4.98 Å². The average molecular weight is 203 g/mol.